The minimum atomic E-state index is 0.767. The number of allylic oxidation sites excluding steroid dienone is 1. The molecule has 0 N–H and O–H groups in total. The summed E-state index contributed by atoms with van der Waals surface area (Å²) in [5.74, 6) is 0. The molecule has 13 heavy (non-hydrogen) atoms. The lowest BCUT2D eigenvalue weighted by atomic mass is 10.2. The van der Waals surface area contributed by atoms with Crippen molar-refractivity contribution in [2.45, 2.75) is 6.92 Å². The van der Waals surface area contributed by atoms with Crippen LogP contribution in [0.15, 0.2) is 54.1 Å². The van der Waals surface area contributed by atoms with Crippen molar-refractivity contribution >= 4 is 11.9 Å². The molecule has 0 aliphatic carbocycles. The second-order valence-corrected chi connectivity index (χ2v) is 2.92. The average molecular weight is 171 g/mol. The third kappa shape index (κ3) is 3.08. The maximum Gasteiger partial charge on any atom is 0.0630 e. The summed E-state index contributed by atoms with van der Waals surface area (Å²) in [6, 6.07) is 9.88. The highest BCUT2D eigenvalue weighted by Gasteiger charge is 1.92. The van der Waals surface area contributed by atoms with Crippen LogP contribution in [0.25, 0.3) is 5.70 Å². The maximum absolute atomic E-state index is 4.17. The molecular weight excluding hydrogens is 158 g/mol. The van der Waals surface area contributed by atoms with Gasteiger partial charge < -0.3 is 0 Å². The van der Waals surface area contributed by atoms with Gasteiger partial charge in [-0.3, -0.25) is 4.99 Å². The minimum Gasteiger partial charge on any atom is -0.257 e. The van der Waals surface area contributed by atoms with E-state index in [-0.39, 0.29) is 0 Å². The molecule has 0 unspecified atom stereocenters. The van der Waals surface area contributed by atoms with Crippen molar-refractivity contribution < 1.29 is 0 Å². The second kappa shape index (κ2) is 4.41. The molecule has 0 aromatic heterocycles. The Kier molecular flexibility index (Phi) is 3.21. The Bertz CT molecular complexity index is 333. The number of rotatable bonds is 3. The second-order valence-electron chi connectivity index (χ2n) is 2.92. The lowest BCUT2D eigenvalue weighted by Crippen LogP contribution is -1.80. The zero-order chi connectivity index (χ0) is 9.68. The van der Waals surface area contributed by atoms with Gasteiger partial charge in [-0.2, -0.15) is 0 Å². The third-order valence-corrected chi connectivity index (χ3v) is 1.55. The lowest BCUT2D eigenvalue weighted by Gasteiger charge is -1.97. The highest BCUT2D eigenvalue weighted by atomic mass is 14.7. The van der Waals surface area contributed by atoms with Gasteiger partial charge in [0.05, 0.1) is 5.70 Å². The number of aliphatic imine (C=N–C) groups is 1. The van der Waals surface area contributed by atoms with E-state index in [0.717, 1.165) is 16.8 Å². The Hall–Kier alpha value is -1.63. The molecule has 0 saturated heterocycles. The average Bonchev–Trinajstić information content (AvgIpc) is 2.15. The number of hydrogen-bond donors (Lipinski definition) is 0. The van der Waals surface area contributed by atoms with E-state index in [1.165, 1.54) is 0 Å². The van der Waals surface area contributed by atoms with Crippen molar-refractivity contribution in [3.63, 3.8) is 0 Å². The maximum atomic E-state index is 4.17. The summed E-state index contributed by atoms with van der Waals surface area (Å²) >= 11 is 0. The summed E-state index contributed by atoms with van der Waals surface area (Å²) in [6.07, 6.45) is 1.72. The Labute approximate surface area is 79.1 Å². The quantitative estimate of drug-likeness (QED) is 0.619. The van der Waals surface area contributed by atoms with Gasteiger partial charge in [0.2, 0.25) is 0 Å². The van der Waals surface area contributed by atoms with Crippen LogP contribution in [0.1, 0.15) is 12.5 Å². The summed E-state index contributed by atoms with van der Waals surface area (Å²) < 4.78 is 0. The summed E-state index contributed by atoms with van der Waals surface area (Å²) in [4.78, 5) is 4.17. The molecule has 0 saturated carbocycles. The van der Waals surface area contributed by atoms with E-state index in [9.17, 15) is 0 Å². The molecule has 1 aromatic carbocycles. The van der Waals surface area contributed by atoms with E-state index in [1.54, 1.807) is 6.21 Å². The van der Waals surface area contributed by atoms with Crippen LogP contribution in [-0.4, -0.2) is 6.21 Å². The number of hydrogen-bond acceptors (Lipinski definition) is 1. The van der Waals surface area contributed by atoms with Crippen LogP contribution in [0.2, 0.25) is 0 Å². The molecular formula is C12H13N. The first-order valence-corrected chi connectivity index (χ1v) is 4.14. The van der Waals surface area contributed by atoms with Crippen LogP contribution >= 0.6 is 0 Å². The van der Waals surface area contributed by atoms with Crippen LogP contribution in [-0.2, 0) is 0 Å². The van der Waals surface area contributed by atoms with Crippen LogP contribution in [0.4, 0.5) is 0 Å². The summed E-state index contributed by atoms with van der Waals surface area (Å²) in [5, 5.41) is 0. The van der Waals surface area contributed by atoms with Gasteiger partial charge in [0.1, 0.15) is 0 Å². The smallest absolute Gasteiger partial charge is 0.0630 e. The summed E-state index contributed by atoms with van der Waals surface area (Å²) in [7, 11) is 0. The molecule has 0 fully saturated rings. The molecule has 1 aromatic rings. The number of nitrogens with zero attached hydrogens (tertiary/aromatic N) is 1. The normalized spacial score (nSPS) is 10.2. The fourth-order valence-corrected chi connectivity index (χ4v) is 0.893. The van der Waals surface area contributed by atoms with E-state index in [4.69, 9.17) is 0 Å². The fraction of sp³-hybridized carbons (Fsp3) is 0.0833. The van der Waals surface area contributed by atoms with Gasteiger partial charge in [0.25, 0.3) is 0 Å². The van der Waals surface area contributed by atoms with Crippen LogP contribution < -0.4 is 0 Å². The molecule has 66 valence electrons. The molecule has 1 heteroatoms. The van der Waals surface area contributed by atoms with Gasteiger partial charge in [-0.1, -0.05) is 43.5 Å². The van der Waals surface area contributed by atoms with E-state index in [0.29, 0.717) is 0 Å². The Morgan fingerprint density at radius 3 is 2.38 bits per heavy atom. The molecule has 0 spiro atoms. The zero-order valence-corrected chi connectivity index (χ0v) is 7.83. The molecule has 0 heterocycles. The van der Waals surface area contributed by atoms with Gasteiger partial charge >= 0.3 is 0 Å². The first-order valence-electron chi connectivity index (χ1n) is 4.14. The molecule has 1 nitrogen and oxygen atoms in total. The van der Waals surface area contributed by atoms with Gasteiger partial charge in [-0.15, -0.1) is 0 Å². The molecule has 0 radical (unpaired) electrons. The Balaban J connectivity index is 2.76. The minimum absolute atomic E-state index is 0.767. The predicted molar refractivity (Wildman–Crippen MR) is 58.8 cm³/mol. The lowest BCUT2D eigenvalue weighted by molar-refractivity contribution is 1.51. The van der Waals surface area contributed by atoms with E-state index >= 15 is 0 Å². The molecule has 0 aliphatic rings. The van der Waals surface area contributed by atoms with Crippen molar-refractivity contribution in [2.75, 3.05) is 0 Å². The van der Waals surface area contributed by atoms with E-state index in [2.05, 4.69) is 18.2 Å². The Morgan fingerprint density at radius 2 is 1.85 bits per heavy atom. The molecule has 0 amide bonds. The van der Waals surface area contributed by atoms with Crippen LogP contribution in [0.3, 0.4) is 0 Å². The Morgan fingerprint density at radius 1 is 1.23 bits per heavy atom. The zero-order valence-electron chi connectivity index (χ0n) is 7.83. The van der Waals surface area contributed by atoms with Gasteiger partial charge in [0.15, 0.2) is 0 Å². The van der Waals surface area contributed by atoms with E-state index < -0.39 is 0 Å². The van der Waals surface area contributed by atoms with Gasteiger partial charge in [-0.25, -0.2) is 0 Å². The topological polar surface area (TPSA) is 12.4 Å². The van der Waals surface area contributed by atoms with Crippen LogP contribution in [0.5, 0.6) is 0 Å². The highest BCUT2D eigenvalue weighted by molar-refractivity contribution is 5.82. The van der Waals surface area contributed by atoms with Gasteiger partial charge in [-0.05, 0) is 18.1 Å². The monoisotopic (exact) mass is 171 g/mol. The third-order valence-electron chi connectivity index (χ3n) is 1.55. The molecule has 0 atom stereocenters. The molecule has 1 rings (SSSR count). The SMILES string of the molecule is C=C(C)C=NC(=C)c1ccccc1. The molecule has 0 aliphatic heterocycles. The summed E-state index contributed by atoms with van der Waals surface area (Å²) in [5.41, 5.74) is 2.74. The first kappa shape index (κ1) is 9.46. The van der Waals surface area contributed by atoms with Gasteiger partial charge in [0, 0.05) is 6.21 Å². The van der Waals surface area contributed by atoms with Crippen LogP contribution in [0, 0.1) is 0 Å². The van der Waals surface area contributed by atoms with Crippen molar-refractivity contribution in [1.29, 1.82) is 0 Å². The largest absolute Gasteiger partial charge is 0.257 e. The highest BCUT2D eigenvalue weighted by Crippen LogP contribution is 2.12. The molecule has 0 bridgehead atoms. The standard InChI is InChI=1S/C12H13N/c1-10(2)9-13-11(3)12-7-5-4-6-8-12/h4-9H,1,3H2,2H3. The van der Waals surface area contributed by atoms with E-state index in [1.807, 2.05) is 37.3 Å². The van der Waals surface area contributed by atoms with Crippen molar-refractivity contribution in [2.24, 2.45) is 4.99 Å². The summed E-state index contributed by atoms with van der Waals surface area (Å²) in [6.45, 7) is 9.49. The predicted octanol–water partition coefficient (Wildman–Crippen LogP) is 3.30. The fourth-order valence-electron chi connectivity index (χ4n) is 0.893. The van der Waals surface area contributed by atoms with Crippen molar-refractivity contribution in [3.05, 3.63) is 54.6 Å². The van der Waals surface area contributed by atoms with Crippen molar-refractivity contribution in [3.8, 4) is 0 Å². The number of benzene rings is 1. The van der Waals surface area contributed by atoms with Crippen molar-refractivity contribution in [1.82, 2.24) is 0 Å². The first-order chi connectivity index (χ1) is 6.20.